The highest BCUT2D eigenvalue weighted by molar-refractivity contribution is 6.30. The van der Waals surface area contributed by atoms with Crippen molar-refractivity contribution in [1.82, 2.24) is 4.90 Å². The van der Waals surface area contributed by atoms with Crippen LogP contribution in [0.2, 0.25) is 5.02 Å². The molecule has 1 aliphatic heterocycles. The van der Waals surface area contributed by atoms with Gasteiger partial charge in [0.05, 0.1) is 24.9 Å². The van der Waals surface area contributed by atoms with Crippen molar-refractivity contribution in [2.45, 2.75) is 19.4 Å². The van der Waals surface area contributed by atoms with Gasteiger partial charge in [0.1, 0.15) is 5.75 Å². The third-order valence-electron chi connectivity index (χ3n) is 5.55. The summed E-state index contributed by atoms with van der Waals surface area (Å²) in [5.74, 6) is 0.449. The van der Waals surface area contributed by atoms with E-state index in [1.54, 1.807) is 29.0 Å². The Morgan fingerprint density at radius 3 is 2.55 bits per heavy atom. The van der Waals surface area contributed by atoms with Gasteiger partial charge in [-0.15, -0.1) is 0 Å². The Bertz CT molecular complexity index is 1140. The average Bonchev–Trinajstić information content (AvgIpc) is 2.81. The molecule has 1 saturated heterocycles. The van der Waals surface area contributed by atoms with Crippen LogP contribution in [0.3, 0.4) is 0 Å². The first kappa shape index (κ1) is 22.7. The summed E-state index contributed by atoms with van der Waals surface area (Å²) >= 11 is 6.11. The monoisotopic (exact) mass is 463 g/mol. The molecule has 0 bridgehead atoms. The number of nitrogens with zero attached hydrogens (tertiary/aromatic N) is 2. The second-order valence-corrected chi connectivity index (χ2v) is 8.37. The summed E-state index contributed by atoms with van der Waals surface area (Å²) < 4.78 is 5.36. The lowest BCUT2D eigenvalue weighted by atomic mass is 10.1. The van der Waals surface area contributed by atoms with E-state index in [-0.39, 0.29) is 18.4 Å². The Morgan fingerprint density at radius 2 is 1.79 bits per heavy atom. The minimum Gasteiger partial charge on any atom is -0.497 e. The van der Waals surface area contributed by atoms with Gasteiger partial charge in [0.25, 0.3) is 0 Å². The summed E-state index contributed by atoms with van der Waals surface area (Å²) in [6.45, 7) is 1.70. The highest BCUT2D eigenvalue weighted by atomic mass is 35.5. The quantitative estimate of drug-likeness (QED) is 0.513. The average molecular weight is 464 g/mol. The zero-order valence-electron chi connectivity index (χ0n) is 18.5. The number of nitrogens with one attached hydrogen (secondary N) is 1. The summed E-state index contributed by atoms with van der Waals surface area (Å²) in [6.07, 6.45) is 1.06. The number of benzene rings is 3. The Labute approximate surface area is 198 Å². The zero-order chi connectivity index (χ0) is 23.2. The number of amides is 3. The van der Waals surface area contributed by atoms with Crippen LogP contribution in [0.25, 0.3) is 0 Å². The van der Waals surface area contributed by atoms with Crippen LogP contribution in [-0.2, 0) is 17.8 Å². The van der Waals surface area contributed by atoms with Crippen LogP contribution in [0, 0.1) is 0 Å². The fraction of sp³-hybridized carbons (Fsp3) is 0.231. The van der Waals surface area contributed by atoms with Crippen molar-refractivity contribution in [3.05, 3.63) is 88.9 Å². The van der Waals surface area contributed by atoms with Crippen LogP contribution in [0.4, 0.5) is 16.2 Å². The summed E-state index contributed by atoms with van der Waals surface area (Å²) in [5.41, 5.74) is 3.09. The SMILES string of the molecule is COc1ccc(N2CCCN(Cc3cccc(Cl)c3)C2=O)c(NC(=O)Cc2ccccc2)c1. The molecule has 4 rings (SSSR count). The van der Waals surface area contributed by atoms with Crippen molar-refractivity contribution in [2.24, 2.45) is 0 Å². The van der Waals surface area contributed by atoms with Crippen molar-refractivity contribution in [2.75, 3.05) is 30.4 Å². The van der Waals surface area contributed by atoms with E-state index in [1.807, 2.05) is 60.7 Å². The van der Waals surface area contributed by atoms with Gasteiger partial charge in [0.15, 0.2) is 0 Å². The van der Waals surface area contributed by atoms with E-state index in [9.17, 15) is 9.59 Å². The molecule has 170 valence electrons. The van der Waals surface area contributed by atoms with Gasteiger partial charge in [-0.05, 0) is 41.8 Å². The smallest absolute Gasteiger partial charge is 0.324 e. The van der Waals surface area contributed by atoms with E-state index in [0.717, 1.165) is 17.5 Å². The van der Waals surface area contributed by atoms with Crippen molar-refractivity contribution < 1.29 is 14.3 Å². The molecular weight excluding hydrogens is 438 g/mol. The van der Waals surface area contributed by atoms with Crippen molar-refractivity contribution in [3.63, 3.8) is 0 Å². The Morgan fingerprint density at radius 1 is 1.00 bits per heavy atom. The first-order valence-corrected chi connectivity index (χ1v) is 11.2. The molecule has 0 atom stereocenters. The highest BCUT2D eigenvalue weighted by Crippen LogP contribution is 2.33. The lowest BCUT2D eigenvalue weighted by molar-refractivity contribution is -0.115. The second-order valence-electron chi connectivity index (χ2n) is 7.93. The van der Waals surface area contributed by atoms with E-state index in [1.165, 1.54) is 0 Å². The molecule has 3 aromatic rings. The predicted molar refractivity (Wildman–Crippen MR) is 131 cm³/mol. The number of hydrogen-bond donors (Lipinski definition) is 1. The molecule has 33 heavy (non-hydrogen) atoms. The maximum Gasteiger partial charge on any atom is 0.324 e. The minimum absolute atomic E-state index is 0.107. The number of anilines is 2. The topological polar surface area (TPSA) is 61.9 Å². The van der Waals surface area contributed by atoms with Crippen molar-refractivity contribution >= 4 is 34.9 Å². The molecule has 1 N–H and O–H groups in total. The van der Waals surface area contributed by atoms with Crippen molar-refractivity contribution in [1.29, 1.82) is 0 Å². The number of urea groups is 1. The first-order valence-electron chi connectivity index (χ1n) is 10.9. The molecule has 0 spiro atoms. The Hall–Kier alpha value is -3.51. The maximum atomic E-state index is 13.4. The third-order valence-corrected chi connectivity index (χ3v) is 5.78. The Kier molecular flexibility index (Phi) is 7.15. The lowest BCUT2D eigenvalue weighted by Crippen LogP contribution is -2.49. The van der Waals surface area contributed by atoms with E-state index in [4.69, 9.17) is 16.3 Å². The molecule has 0 radical (unpaired) electrons. The van der Waals surface area contributed by atoms with E-state index >= 15 is 0 Å². The number of hydrogen-bond acceptors (Lipinski definition) is 3. The fourth-order valence-electron chi connectivity index (χ4n) is 3.96. The van der Waals surface area contributed by atoms with Gasteiger partial charge in [-0.25, -0.2) is 4.79 Å². The van der Waals surface area contributed by atoms with Crippen LogP contribution in [0.15, 0.2) is 72.8 Å². The van der Waals surface area contributed by atoms with Gasteiger partial charge in [-0.2, -0.15) is 0 Å². The lowest BCUT2D eigenvalue weighted by Gasteiger charge is -2.36. The number of ether oxygens (including phenoxy) is 1. The largest absolute Gasteiger partial charge is 0.497 e. The van der Waals surface area contributed by atoms with Gasteiger partial charge >= 0.3 is 6.03 Å². The van der Waals surface area contributed by atoms with Gasteiger partial charge in [0.2, 0.25) is 5.91 Å². The fourth-order valence-corrected chi connectivity index (χ4v) is 4.17. The maximum absolute atomic E-state index is 13.4. The molecule has 0 aliphatic carbocycles. The summed E-state index contributed by atoms with van der Waals surface area (Å²) in [6, 6.07) is 22.3. The Balaban J connectivity index is 1.55. The van der Waals surface area contributed by atoms with E-state index < -0.39 is 0 Å². The summed E-state index contributed by atoms with van der Waals surface area (Å²) in [7, 11) is 1.57. The molecular formula is C26H26ClN3O3. The standard InChI is InChI=1S/C26H26ClN3O3/c1-33-22-11-12-24(23(17-22)28-25(31)16-19-7-3-2-4-8-19)30-14-6-13-29(26(30)32)18-20-9-5-10-21(27)15-20/h2-5,7-12,15,17H,6,13-14,16,18H2,1H3,(H,28,31). The van der Waals surface area contributed by atoms with Crippen molar-refractivity contribution in [3.8, 4) is 5.75 Å². The van der Waals surface area contributed by atoms with Gasteiger partial charge < -0.3 is 15.0 Å². The first-order chi connectivity index (χ1) is 16.0. The van der Waals surface area contributed by atoms with Crippen LogP contribution in [0.1, 0.15) is 17.5 Å². The minimum atomic E-state index is -0.157. The molecule has 0 unspecified atom stereocenters. The molecule has 3 aromatic carbocycles. The molecule has 6 nitrogen and oxygen atoms in total. The summed E-state index contributed by atoms with van der Waals surface area (Å²) in [5, 5.41) is 3.62. The molecule has 3 amide bonds. The molecule has 0 saturated carbocycles. The third kappa shape index (κ3) is 5.65. The van der Waals surface area contributed by atoms with E-state index in [2.05, 4.69) is 5.32 Å². The van der Waals surface area contributed by atoms with Gasteiger partial charge in [-0.1, -0.05) is 54.1 Å². The zero-order valence-corrected chi connectivity index (χ0v) is 19.2. The van der Waals surface area contributed by atoms with Gasteiger partial charge in [0, 0.05) is 30.7 Å². The van der Waals surface area contributed by atoms with Crippen LogP contribution >= 0.6 is 11.6 Å². The van der Waals surface area contributed by atoms with E-state index in [0.29, 0.717) is 41.8 Å². The molecule has 1 heterocycles. The number of rotatable bonds is 7. The second kappa shape index (κ2) is 10.4. The number of carbonyl (C=O) groups is 2. The predicted octanol–water partition coefficient (Wildman–Crippen LogP) is 5.36. The van der Waals surface area contributed by atoms with Crippen LogP contribution in [0.5, 0.6) is 5.75 Å². The normalized spacial score (nSPS) is 13.7. The van der Waals surface area contributed by atoms with Gasteiger partial charge in [-0.3, -0.25) is 9.69 Å². The summed E-state index contributed by atoms with van der Waals surface area (Å²) in [4.78, 5) is 29.6. The van der Waals surface area contributed by atoms with Crippen LogP contribution in [-0.4, -0.2) is 37.0 Å². The van der Waals surface area contributed by atoms with Crippen LogP contribution < -0.4 is 15.0 Å². The molecule has 0 aromatic heterocycles. The number of halogens is 1. The number of carbonyl (C=O) groups excluding carboxylic acids is 2. The molecule has 1 fully saturated rings. The molecule has 7 heteroatoms. The molecule has 1 aliphatic rings. The number of methoxy groups -OCH3 is 1. The highest BCUT2D eigenvalue weighted by Gasteiger charge is 2.29.